The summed E-state index contributed by atoms with van der Waals surface area (Å²) in [4.78, 5) is 13.4. The highest BCUT2D eigenvalue weighted by molar-refractivity contribution is 7.99. The number of hydrogen-bond acceptors (Lipinski definition) is 5. The highest BCUT2D eigenvalue weighted by Gasteiger charge is 2.14. The van der Waals surface area contributed by atoms with Crippen molar-refractivity contribution in [3.8, 4) is 0 Å². The Hall–Kier alpha value is -2.25. The maximum atomic E-state index is 12.4. The molecule has 140 valence electrons. The monoisotopic (exact) mass is 398 g/mol. The van der Waals surface area contributed by atoms with Gasteiger partial charge in [-0.3, -0.25) is 4.79 Å². The second-order valence-electron chi connectivity index (χ2n) is 5.84. The van der Waals surface area contributed by atoms with Crippen LogP contribution in [0.1, 0.15) is 18.3 Å². The first-order chi connectivity index (χ1) is 13.2. The van der Waals surface area contributed by atoms with Gasteiger partial charge in [0.2, 0.25) is 5.91 Å². The van der Waals surface area contributed by atoms with E-state index in [9.17, 15) is 4.79 Å². The number of hydrogen-bond donors (Lipinski definition) is 1. The summed E-state index contributed by atoms with van der Waals surface area (Å²) in [7, 11) is 0. The first-order valence-electron chi connectivity index (χ1n) is 8.73. The molecule has 0 aliphatic rings. The van der Waals surface area contributed by atoms with Gasteiger partial charge in [-0.05, 0) is 30.9 Å². The van der Waals surface area contributed by atoms with E-state index >= 15 is 0 Å². The van der Waals surface area contributed by atoms with Crippen LogP contribution in [0.5, 0.6) is 0 Å². The zero-order valence-electron chi connectivity index (χ0n) is 15.4. The molecule has 3 aromatic rings. The fourth-order valence-corrected chi connectivity index (χ4v) is 4.09. The van der Waals surface area contributed by atoms with Crippen molar-refractivity contribution in [3.63, 3.8) is 0 Å². The minimum absolute atomic E-state index is 0.0447. The van der Waals surface area contributed by atoms with Crippen LogP contribution in [-0.2, 0) is 17.8 Å². The molecule has 0 aliphatic carbocycles. The maximum Gasteiger partial charge on any atom is 0.234 e. The molecule has 1 heterocycles. The summed E-state index contributed by atoms with van der Waals surface area (Å²) >= 11 is 3.03. The lowest BCUT2D eigenvalue weighted by Gasteiger charge is -2.10. The normalized spacial score (nSPS) is 10.7. The molecular formula is C20H22N4OS2. The fourth-order valence-electron chi connectivity index (χ4n) is 2.72. The molecule has 0 bridgehead atoms. The quantitative estimate of drug-likeness (QED) is 0.572. The Balaban J connectivity index is 1.63. The van der Waals surface area contributed by atoms with Crippen LogP contribution < -0.4 is 5.32 Å². The summed E-state index contributed by atoms with van der Waals surface area (Å²) < 4.78 is 2.07. The van der Waals surface area contributed by atoms with Gasteiger partial charge in [0.15, 0.2) is 5.16 Å². The van der Waals surface area contributed by atoms with Crippen LogP contribution >= 0.6 is 23.5 Å². The molecule has 5 nitrogen and oxygen atoms in total. The van der Waals surface area contributed by atoms with Crippen molar-refractivity contribution in [2.75, 3.05) is 17.3 Å². The van der Waals surface area contributed by atoms with E-state index < -0.39 is 0 Å². The number of nitrogens with zero attached hydrogens (tertiary/aromatic N) is 3. The second kappa shape index (κ2) is 9.62. The average Bonchev–Trinajstić information content (AvgIpc) is 3.09. The van der Waals surface area contributed by atoms with Crippen LogP contribution in [0.4, 0.5) is 5.69 Å². The van der Waals surface area contributed by atoms with E-state index in [1.807, 2.05) is 48.7 Å². The number of carbonyl (C=O) groups excluding carboxylic acids is 1. The summed E-state index contributed by atoms with van der Waals surface area (Å²) in [5.74, 6) is 1.17. The molecule has 7 heteroatoms. The van der Waals surface area contributed by atoms with Crippen LogP contribution in [0.25, 0.3) is 0 Å². The van der Waals surface area contributed by atoms with Crippen LogP contribution in [0.15, 0.2) is 64.6 Å². The molecule has 3 rings (SSSR count). The van der Waals surface area contributed by atoms with Crippen molar-refractivity contribution < 1.29 is 4.79 Å². The zero-order chi connectivity index (χ0) is 19.1. The largest absolute Gasteiger partial charge is 0.324 e. The number of thioether (sulfide) groups is 2. The summed E-state index contributed by atoms with van der Waals surface area (Å²) in [5.41, 5.74) is 2.04. The van der Waals surface area contributed by atoms with Crippen LogP contribution in [0.3, 0.4) is 0 Å². The molecule has 0 spiro atoms. The SMILES string of the molecule is CCn1c(Cc2ccccc2)nnc1SCC(=O)Nc1ccccc1SC. The van der Waals surface area contributed by atoms with Gasteiger partial charge in [0, 0.05) is 17.9 Å². The van der Waals surface area contributed by atoms with Crippen molar-refractivity contribution in [2.24, 2.45) is 0 Å². The van der Waals surface area contributed by atoms with Crippen LogP contribution in [0, 0.1) is 0 Å². The first kappa shape index (κ1) is 19.5. The van der Waals surface area contributed by atoms with E-state index in [0.29, 0.717) is 5.75 Å². The van der Waals surface area contributed by atoms with Crippen molar-refractivity contribution in [2.45, 2.75) is 29.9 Å². The predicted molar refractivity (Wildman–Crippen MR) is 113 cm³/mol. The summed E-state index contributed by atoms with van der Waals surface area (Å²) in [6.45, 7) is 2.84. The van der Waals surface area contributed by atoms with E-state index in [2.05, 4.69) is 39.1 Å². The van der Waals surface area contributed by atoms with Gasteiger partial charge in [0.05, 0.1) is 11.4 Å². The molecule has 27 heavy (non-hydrogen) atoms. The van der Waals surface area contributed by atoms with Crippen LogP contribution in [-0.4, -0.2) is 32.7 Å². The van der Waals surface area contributed by atoms with Crippen molar-refractivity contribution >= 4 is 35.1 Å². The second-order valence-corrected chi connectivity index (χ2v) is 7.63. The standard InChI is InChI=1S/C20H22N4OS2/c1-3-24-18(13-15-9-5-4-6-10-15)22-23-20(24)27-14-19(25)21-16-11-7-8-12-17(16)26-2/h4-12H,3,13-14H2,1-2H3,(H,21,25). The van der Waals surface area contributed by atoms with E-state index in [1.54, 1.807) is 11.8 Å². The van der Waals surface area contributed by atoms with E-state index in [4.69, 9.17) is 0 Å². The van der Waals surface area contributed by atoms with Gasteiger partial charge < -0.3 is 9.88 Å². The van der Waals surface area contributed by atoms with Gasteiger partial charge in [-0.15, -0.1) is 22.0 Å². The Morgan fingerprint density at radius 3 is 2.56 bits per heavy atom. The number of rotatable bonds is 8. The summed E-state index contributed by atoms with van der Waals surface area (Å²) in [6.07, 6.45) is 2.73. The fraction of sp³-hybridized carbons (Fsp3) is 0.250. The number of nitrogens with one attached hydrogen (secondary N) is 1. The zero-order valence-corrected chi connectivity index (χ0v) is 17.0. The number of para-hydroxylation sites is 1. The van der Waals surface area contributed by atoms with Crippen molar-refractivity contribution in [3.05, 3.63) is 66.0 Å². The molecule has 0 unspecified atom stereocenters. The molecule has 0 fully saturated rings. The van der Waals surface area contributed by atoms with E-state index in [-0.39, 0.29) is 5.91 Å². The molecule has 0 saturated heterocycles. The molecule has 0 atom stereocenters. The Morgan fingerprint density at radius 1 is 1.07 bits per heavy atom. The maximum absolute atomic E-state index is 12.4. The minimum Gasteiger partial charge on any atom is -0.324 e. The lowest BCUT2D eigenvalue weighted by molar-refractivity contribution is -0.113. The third kappa shape index (κ3) is 5.14. The third-order valence-electron chi connectivity index (χ3n) is 4.03. The number of aromatic nitrogens is 3. The van der Waals surface area contributed by atoms with Gasteiger partial charge in [-0.2, -0.15) is 0 Å². The van der Waals surface area contributed by atoms with E-state index in [0.717, 1.165) is 34.5 Å². The Bertz CT molecular complexity index is 896. The average molecular weight is 399 g/mol. The smallest absolute Gasteiger partial charge is 0.234 e. The minimum atomic E-state index is -0.0447. The highest BCUT2D eigenvalue weighted by Crippen LogP contribution is 2.25. The Labute approximate surface area is 168 Å². The molecule has 1 N–H and O–H groups in total. The van der Waals surface area contributed by atoms with Gasteiger partial charge >= 0.3 is 0 Å². The summed E-state index contributed by atoms with van der Waals surface area (Å²) in [5, 5.41) is 12.4. The van der Waals surface area contributed by atoms with Gasteiger partial charge in [-0.1, -0.05) is 54.2 Å². The van der Waals surface area contributed by atoms with Crippen molar-refractivity contribution in [1.29, 1.82) is 0 Å². The molecule has 0 radical (unpaired) electrons. The van der Waals surface area contributed by atoms with Crippen LogP contribution in [0.2, 0.25) is 0 Å². The topological polar surface area (TPSA) is 59.8 Å². The molecular weight excluding hydrogens is 376 g/mol. The molecule has 1 amide bonds. The van der Waals surface area contributed by atoms with Gasteiger partial charge in [0.25, 0.3) is 0 Å². The number of amides is 1. The van der Waals surface area contributed by atoms with Gasteiger partial charge in [-0.25, -0.2) is 0 Å². The number of anilines is 1. The van der Waals surface area contributed by atoms with Gasteiger partial charge in [0.1, 0.15) is 5.82 Å². The third-order valence-corrected chi connectivity index (χ3v) is 5.79. The number of carbonyl (C=O) groups is 1. The first-order valence-corrected chi connectivity index (χ1v) is 10.9. The Morgan fingerprint density at radius 2 is 1.81 bits per heavy atom. The highest BCUT2D eigenvalue weighted by atomic mass is 32.2. The number of benzene rings is 2. The van der Waals surface area contributed by atoms with E-state index in [1.165, 1.54) is 17.3 Å². The molecule has 2 aromatic carbocycles. The summed E-state index contributed by atoms with van der Waals surface area (Å²) in [6, 6.07) is 18.0. The Kier molecular flexibility index (Phi) is 6.95. The molecule has 0 saturated carbocycles. The van der Waals surface area contributed by atoms with Crippen molar-refractivity contribution in [1.82, 2.24) is 14.8 Å². The lowest BCUT2D eigenvalue weighted by Crippen LogP contribution is -2.15. The lowest BCUT2D eigenvalue weighted by atomic mass is 10.1. The molecule has 0 aliphatic heterocycles. The molecule has 1 aromatic heterocycles. The predicted octanol–water partition coefficient (Wildman–Crippen LogP) is 4.34.